The number of nitrogens with one attached hydrogen (secondary N) is 1. The van der Waals surface area contributed by atoms with Crippen molar-refractivity contribution in [3.8, 4) is 11.5 Å². The molecule has 0 fully saturated rings. The van der Waals surface area contributed by atoms with Gasteiger partial charge in [-0.3, -0.25) is 14.6 Å². The number of nitrogens with two attached hydrogens (primary N) is 1. The summed E-state index contributed by atoms with van der Waals surface area (Å²) in [6.45, 7) is 6.87. The number of carbonyl (C=O) groups is 3. The molecule has 2 rings (SSSR count). The average Bonchev–Trinajstić information content (AvgIpc) is 2.95. The molecule has 1 aliphatic rings. The Bertz CT molecular complexity index is 1320. The predicted molar refractivity (Wildman–Crippen MR) is 164 cm³/mol. The summed E-state index contributed by atoms with van der Waals surface area (Å²) in [5.74, 6) is -3.19. The number of nitrogens with zero attached hydrogens (tertiary/aromatic N) is 1. The number of methoxy groups -OCH3 is 2. The number of allylic oxidation sites excluding steroid dienone is 2. The van der Waals surface area contributed by atoms with E-state index in [1.807, 2.05) is 6.92 Å². The minimum atomic E-state index is -1.13. The Hall–Kier alpha value is -4.20. The van der Waals surface area contributed by atoms with Gasteiger partial charge in [0.05, 0.1) is 24.3 Å². The van der Waals surface area contributed by atoms with E-state index in [-0.39, 0.29) is 46.3 Å². The summed E-state index contributed by atoms with van der Waals surface area (Å²) in [5.41, 5.74) is 6.18. The summed E-state index contributed by atoms with van der Waals surface area (Å²) in [6, 6.07) is 1.13. The van der Waals surface area contributed by atoms with Gasteiger partial charge < -0.3 is 45.7 Å². The number of aliphatic hydroxyl groups is 1. The second-order valence-electron chi connectivity index (χ2n) is 10.9. The number of carboxylic acids is 1. The molecule has 1 aliphatic heterocycles. The number of fused-ring (bicyclic) bond motifs is 2. The van der Waals surface area contributed by atoms with Gasteiger partial charge in [-0.05, 0) is 38.2 Å². The highest BCUT2D eigenvalue weighted by molar-refractivity contribution is 6.05. The van der Waals surface area contributed by atoms with E-state index in [0.717, 1.165) is 12.3 Å². The topological polar surface area (TPSA) is 210 Å². The number of carbonyl (C=O) groups excluding carboxylic acids is 2. The first-order valence-corrected chi connectivity index (χ1v) is 14.1. The normalized spacial score (nSPS) is 25.7. The minimum absolute atomic E-state index is 0.0396. The van der Waals surface area contributed by atoms with Crippen LogP contribution in [0.5, 0.6) is 11.5 Å². The molecule has 1 aromatic carbocycles. The first-order valence-electron chi connectivity index (χ1n) is 14.1. The van der Waals surface area contributed by atoms with Gasteiger partial charge in [0.15, 0.2) is 6.10 Å². The molecule has 0 aromatic heterocycles. The summed E-state index contributed by atoms with van der Waals surface area (Å²) in [4.78, 5) is 39.9. The molecule has 13 nitrogen and oxygen atoms in total. The van der Waals surface area contributed by atoms with Crippen molar-refractivity contribution in [1.82, 2.24) is 0 Å². The quantitative estimate of drug-likeness (QED) is 0.118. The number of aliphatic carboxylic acids is 1. The fraction of sp³-hybridized carbons (Fsp3) is 0.484. The molecule has 2 amide bonds. The molecular formula is C31H43N3O10. The molecule has 1 aromatic rings. The van der Waals surface area contributed by atoms with E-state index >= 15 is 0 Å². The number of phenols is 2. The van der Waals surface area contributed by atoms with Crippen molar-refractivity contribution in [1.29, 1.82) is 0 Å². The van der Waals surface area contributed by atoms with E-state index in [1.165, 1.54) is 33.3 Å². The van der Waals surface area contributed by atoms with Crippen LogP contribution in [0, 0.1) is 11.8 Å². The summed E-state index contributed by atoms with van der Waals surface area (Å²) < 4.78 is 16.5. The smallest absolute Gasteiger partial charge is 0.405 e. The van der Waals surface area contributed by atoms with Gasteiger partial charge in [0.25, 0.3) is 5.91 Å². The van der Waals surface area contributed by atoms with Gasteiger partial charge in [0.1, 0.15) is 23.3 Å². The Morgan fingerprint density at radius 2 is 1.86 bits per heavy atom. The molecule has 2 bridgehead atoms. The zero-order chi connectivity index (χ0) is 33.1. The Morgan fingerprint density at radius 1 is 1.18 bits per heavy atom. The van der Waals surface area contributed by atoms with Crippen LogP contribution in [-0.4, -0.2) is 83.2 Å². The predicted octanol–water partition coefficient (Wildman–Crippen LogP) is 3.74. The highest BCUT2D eigenvalue weighted by atomic mass is 16.6. The lowest BCUT2D eigenvalue weighted by atomic mass is 9.87. The van der Waals surface area contributed by atoms with Crippen LogP contribution < -0.4 is 11.1 Å². The summed E-state index contributed by atoms with van der Waals surface area (Å²) in [6.07, 6.45) is 3.01. The van der Waals surface area contributed by atoms with E-state index in [1.54, 1.807) is 26.0 Å². The van der Waals surface area contributed by atoms with Crippen LogP contribution in [0.25, 0.3) is 0 Å². The number of ether oxygens (including phenoxy) is 3. The van der Waals surface area contributed by atoms with Crippen LogP contribution in [0.4, 0.5) is 16.2 Å². The highest BCUT2D eigenvalue weighted by Crippen LogP contribution is 2.44. The van der Waals surface area contributed by atoms with Crippen molar-refractivity contribution >= 4 is 35.6 Å². The van der Waals surface area contributed by atoms with Gasteiger partial charge in [0.2, 0.25) is 0 Å². The number of amides is 2. The average molecular weight is 618 g/mol. The number of phenolic OH excluding ortho intramolecular Hbond substituents is 2. The number of carboxylic acid groups (broad SMARTS) is 1. The minimum Gasteiger partial charge on any atom is -0.506 e. The second kappa shape index (κ2) is 16.6. The van der Waals surface area contributed by atoms with Gasteiger partial charge in [-0.1, -0.05) is 38.2 Å². The molecule has 242 valence electrons. The van der Waals surface area contributed by atoms with Crippen LogP contribution in [0.2, 0.25) is 0 Å². The number of aliphatic hydroxyl groups excluding tert-OH is 1. The standard InChI is InChI=1S/C31H43N3O10/c1-16-12-20-26(33-11-10-25(36)37)22(35)15-21(28(20)39)34-30(40)17(2)8-7-9-23(42-5)29(44-31(32)41)19(4)14-18(3)27(38)24(13-16)43-6/h7-9,11,14-16,18,23-24,27,29,35,38-39H,10,12-13H2,1-6H3,(H2,32,41)(H,34,40)(H,36,37)/t16-,18+,23+,24+,27-,29+/m1/s1. The molecule has 0 unspecified atom stereocenters. The van der Waals surface area contributed by atoms with E-state index < -0.39 is 54.7 Å². The number of hydrogen-bond donors (Lipinski definition) is 6. The SMILES string of the molecule is CO[C@H]1C=CC=C(C)C(=O)Nc2cc(O)c(N=CCC(=O)O)c(c2O)C[C@@H](C)C[C@H](OC)[C@H](O)[C@@H](C)C=C(C)[C@@H]1OC(N)=O. The van der Waals surface area contributed by atoms with Gasteiger partial charge in [-0.2, -0.15) is 0 Å². The molecule has 0 radical (unpaired) electrons. The van der Waals surface area contributed by atoms with Crippen molar-refractivity contribution in [2.75, 3.05) is 19.5 Å². The van der Waals surface area contributed by atoms with Crippen molar-refractivity contribution in [3.63, 3.8) is 0 Å². The number of benzene rings is 1. The molecular weight excluding hydrogens is 574 g/mol. The number of rotatable bonds is 6. The Kier molecular flexibility index (Phi) is 13.6. The Labute approximate surface area is 256 Å². The van der Waals surface area contributed by atoms with Crippen LogP contribution in [0.15, 0.2) is 46.5 Å². The summed E-state index contributed by atoms with van der Waals surface area (Å²) >= 11 is 0. The first-order chi connectivity index (χ1) is 20.7. The number of hydrogen-bond acceptors (Lipinski definition) is 10. The van der Waals surface area contributed by atoms with Crippen LogP contribution in [0.3, 0.4) is 0 Å². The fourth-order valence-electron chi connectivity index (χ4n) is 4.95. The Morgan fingerprint density at radius 3 is 2.45 bits per heavy atom. The van der Waals surface area contributed by atoms with E-state index in [4.69, 9.17) is 25.1 Å². The molecule has 0 saturated carbocycles. The van der Waals surface area contributed by atoms with Crippen LogP contribution in [-0.2, 0) is 30.2 Å². The third-order valence-electron chi connectivity index (χ3n) is 7.29. The molecule has 1 heterocycles. The van der Waals surface area contributed by atoms with Crippen molar-refractivity contribution in [3.05, 3.63) is 47.1 Å². The molecule has 44 heavy (non-hydrogen) atoms. The van der Waals surface area contributed by atoms with Gasteiger partial charge >= 0.3 is 12.1 Å². The summed E-state index contributed by atoms with van der Waals surface area (Å²) in [5, 5.41) is 44.9. The van der Waals surface area contributed by atoms with Crippen molar-refractivity contribution in [2.24, 2.45) is 22.6 Å². The summed E-state index contributed by atoms with van der Waals surface area (Å²) in [7, 11) is 2.88. The van der Waals surface area contributed by atoms with Crippen molar-refractivity contribution in [2.45, 2.75) is 71.4 Å². The number of anilines is 1. The number of primary amides is 1. The molecule has 0 aliphatic carbocycles. The van der Waals surface area contributed by atoms with E-state index in [2.05, 4.69) is 10.3 Å². The molecule has 7 N–H and O–H groups in total. The zero-order valence-electron chi connectivity index (χ0n) is 25.8. The number of aliphatic imine (C=N–C) groups is 1. The van der Waals surface area contributed by atoms with Crippen LogP contribution in [0.1, 0.15) is 46.1 Å². The molecule has 13 heteroatoms. The Balaban J connectivity index is 2.69. The fourth-order valence-corrected chi connectivity index (χ4v) is 4.95. The largest absolute Gasteiger partial charge is 0.506 e. The van der Waals surface area contributed by atoms with Gasteiger partial charge in [-0.15, -0.1) is 0 Å². The first kappa shape index (κ1) is 36.0. The van der Waals surface area contributed by atoms with Crippen molar-refractivity contribution < 1.29 is 49.0 Å². The molecule has 6 atom stereocenters. The van der Waals surface area contributed by atoms with Gasteiger partial charge in [0, 0.05) is 43.6 Å². The van der Waals surface area contributed by atoms with Crippen LogP contribution >= 0.6 is 0 Å². The third kappa shape index (κ3) is 9.93. The maximum Gasteiger partial charge on any atom is 0.405 e. The number of aromatic hydroxyl groups is 2. The maximum atomic E-state index is 13.0. The molecule has 0 spiro atoms. The lowest BCUT2D eigenvalue weighted by Crippen LogP contribution is -2.37. The monoisotopic (exact) mass is 617 g/mol. The van der Waals surface area contributed by atoms with Gasteiger partial charge in [-0.25, -0.2) is 4.79 Å². The lowest BCUT2D eigenvalue weighted by Gasteiger charge is -2.29. The third-order valence-corrected chi connectivity index (χ3v) is 7.29. The van der Waals surface area contributed by atoms with E-state index in [9.17, 15) is 29.7 Å². The lowest BCUT2D eigenvalue weighted by molar-refractivity contribution is -0.135. The molecule has 0 saturated heterocycles. The maximum absolute atomic E-state index is 13.0. The zero-order valence-corrected chi connectivity index (χ0v) is 25.8. The second-order valence-corrected chi connectivity index (χ2v) is 10.9. The van der Waals surface area contributed by atoms with E-state index in [0.29, 0.717) is 12.0 Å². The highest BCUT2D eigenvalue weighted by Gasteiger charge is 2.30.